The lowest BCUT2D eigenvalue weighted by Gasteiger charge is -2.16. The van der Waals surface area contributed by atoms with E-state index in [0.29, 0.717) is 11.9 Å². The zero-order valence-electron chi connectivity index (χ0n) is 11.8. The van der Waals surface area contributed by atoms with Gasteiger partial charge in [-0.05, 0) is 31.4 Å². The van der Waals surface area contributed by atoms with Crippen molar-refractivity contribution in [3.05, 3.63) is 36.2 Å². The molecule has 0 aromatic carbocycles. The van der Waals surface area contributed by atoms with Crippen LogP contribution in [0.2, 0.25) is 0 Å². The minimum atomic E-state index is 0.562. The number of nitrogens with one attached hydrogen (secondary N) is 1. The smallest absolute Gasteiger partial charge is 0.180 e. The fourth-order valence-electron chi connectivity index (χ4n) is 2.67. The summed E-state index contributed by atoms with van der Waals surface area (Å²) in [6.45, 7) is 2.14. The van der Waals surface area contributed by atoms with Crippen LogP contribution < -0.4 is 5.32 Å². The highest BCUT2D eigenvalue weighted by molar-refractivity contribution is 5.54. The van der Waals surface area contributed by atoms with Crippen LogP contribution in [0.15, 0.2) is 30.6 Å². The molecule has 1 N–H and O–H groups in total. The molecule has 0 atom stereocenters. The average Bonchev–Trinajstić information content (AvgIpc) is 3.01. The first-order valence-corrected chi connectivity index (χ1v) is 7.40. The summed E-state index contributed by atoms with van der Waals surface area (Å²) in [6, 6.07) is 6.37. The standard InChI is InChI=1S/C16H20N4/c1-2-12-11-18-16(14-9-5-6-10-17-14)20-15(12)19-13-7-3-4-8-13/h5-6,9-11,13H,2-4,7-8H2,1H3,(H,18,19,20). The Bertz CT molecular complexity index is 562. The van der Waals surface area contributed by atoms with Crippen LogP contribution in [0.25, 0.3) is 11.5 Å². The van der Waals surface area contributed by atoms with Gasteiger partial charge in [0.15, 0.2) is 5.82 Å². The van der Waals surface area contributed by atoms with Gasteiger partial charge in [0.1, 0.15) is 11.5 Å². The molecule has 0 spiro atoms. The molecule has 3 rings (SSSR count). The number of pyridine rings is 1. The number of hydrogen-bond acceptors (Lipinski definition) is 4. The molecule has 0 amide bonds. The first kappa shape index (κ1) is 13.0. The van der Waals surface area contributed by atoms with Gasteiger partial charge in [-0.3, -0.25) is 4.98 Å². The first-order chi connectivity index (χ1) is 9.86. The van der Waals surface area contributed by atoms with Gasteiger partial charge in [0.25, 0.3) is 0 Å². The van der Waals surface area contributed by atoms with Gasteiger partial charge in [0.2, 0.25) is 0 Å². The molecule has 0 saturated heterocycles. The van der Waals surface area contributed by atoms with E-state index in [1.807, 2.05) is 24.4 Å². The molecule has 0 unspecified atom stereocenters. The second-order valence-corrected chi connectivity index (χ2v) is 5.26. The summed E-state index contributed by atoms with van der Waals surface area (Å²) >= 11 is 0. The van der Waals surface area contributed by atoms with Crippen molar-refractivity contribution in [2.45, 2.75) is 45.1 Å². The molecule has 0 aliphatic heterocycles. The topological polar surface area (TPSA) is 50.7 Å². The van der Waals surface area contributed by atoms with Gasteiger partial charge in [0, 0.05) is 24.0 Å². The van der Waals surface area contributed by atoms with E-state index in [0.717, 1.165) is 17.9 Å². The monoisotopic (exact) mass is 268 g/mol. The molecule has 20 heavy (non-hydrogen) atoms. The molecule has 2 heterocycles. The van der Waals surface area contributed by atoms with Gasteiger partial charge in [-0.15, -0.1) is 0 Å². The maximum atomic E-state index is 4.69. The third kappa shape index (κ3) is 2.79. The highest BCUT2D eigenvalue weighted by atomic mass is 15.1. The van der Waals surface area contributed by atoms with Crippen molar-refractivity contribution in [2.75, 3.05) is 5.32 Å². The Balaban J connectivity index is 1.90. The van der Waals surface area contributed by atoms with E-state index < -0.39 is 0 Å². The normalized spacial score (nSPS) is 15.4. The van der Waals surface area contributed by atoms with Gasteiger partial charge < -0.3 is 5.32 Å². The molecule has 4 heteroatoms. The lowest BCUT2D eigenvalue weighted by molar-refractivity contribution is 0.747. The van der Waals surface area contributed by atoms with Crippen LogP contribution in [0.4, 0.5) is 5.82 Å². The van der Waals surface area contributed by atoms with E-state index in [1.165, 1.54) is 31.2 Å². The van der Waals surface area contributed by atoms with Crippen molar-refractivity contribution in [1.29, 1.82) is 0 Å². The second-order valence-electron chi connectivity index (χ2n) is 5.26. The Morgan fingerprint density at radius 1 is 1.20 bits per heavy atom. The molecular weight excluding hydrogens is 248 g/mol. The minimum absolute atomic E-state index is 0.562. The Hall–Kier alpha value is -1.97. The third-order valence-corrected chi connectivity index (χ3v) is 3.84. The van der Waals surface area contributed by atoms with E-state index in [2.05, 4.69) is 22.2 Å². The number of hydrogen-bond donors (Lipinski definition) is 1. The van der Waals surface area contributed by atoms with Crippen LogP contribution in [0, 0.1) is 0 Å². The van der Waals surface area contributed by atoms with E-state index in [9.17, 15) is 0 Å². The molecular formula is C16H20N4. The summed E-state index contributed by atoms with van der Waals surface area (Å²) < 4.78 is 0. The predicted octanol–water partition coefficient (Wildman–Crippen LogP) is 3.46. The zero-order valence-corrected chi connectivity index (χ0v) is 11.8. The molecule has 0 radical (unpaired) electrons. The molecule has 1 saturated carbocycles. The number of rotatable bonds is 4. The minimum Gasteiger partial charge on any atom is -0.367 e. The van der Waals surface area contributed by atoms with Gasteiger partial charge in [-0.1, -0.05) is 25.8 Å². The summed E-state index contributed by atoms with van der Waals surface area (Å²) in [7, 11) is 0. The van der Waals surface area contributed by atoms with Crippen LogP contribution in [-0.4, -0.2) is 21.0 Å². The van der Waals surface area contributed by atoms with Crippen LogP contribution in [0.5, 0.6) is 0 Å². The lowest BCUT2D eigenvalue weighted by Crippen LogP contribution is -2.17. The van der Waals surface area contributed by atoms with Gasteiger partial charge in [0.05, 0.1) is 0 Å². The van der Waals surface area contributed by atoms with Crippen molar-refractivity contribution in [1.82, 2.24) is 15.0 Å². The highest BCUT2D eigenvalue weighted by Crippen LogP contribution is 2.24. The van der Waals surface area contributed by atoms with Crippen LogP contribution in [0.3, 0.4) is 0 Å². The van der Waals surface area contributed by atoms with Crippen LogP contribution in [-0.2, 0) is 6.42 Å². The number of aromatic nitrogens is 3. The molecule has 1 fully saturated rings. The van der Waals surface area contributed by atoms with Crippen molar-refractivity contribution in [3.8, 4) is 11.5 Å². The van der Waals surface area contributed by atoms with Crippen LogP contribution in [0.1, 0.15) is 38.2 Å². The maximum Gasteiger partial charge on any atom is 0.180 e. The van der Waals surface area contributed by atoms with Crippen LogP contribution >= 0.6 is 0 Å². The molecule has 4 nitrogen and oxygen atoms in total. The first-order valence-electron chi connectivity index (χ1n) is 7.40. The van der Waals surface area contributed by atoms with E-state index in [4.69, 9.17) is 4.98 Å². The summed E-state index contributed by atoms with van der Waals surface area (Å²) in [4.78, 5) is 13.5. The summed E-state index contributed by atoms with van der Waals surface area (Å²) in [5.74, 6) is 1.68. The van der Waals surface area contributed by atoms with Crippen molar-refractivity contribution >= 4 is 5.82 Å². The quantitative estimate of drug-likeness (QED) is 0.922. The lowest BCUT2D eigenvalue weighted by atomic mass is 10.2. The second kappa shape index (κ2) is 5.99. The largest absolute Gasteiger partial charge is 0.367 e. The Morgan fingerprint density at radius 2 is 2.05 bits per heavy atom. The summed E-state index contributed by atoms with van der Waals surface area (Å²) in [5.41, 5.74) is 2.00. The maximum absolute atomic E-state index is 4.69. The van der Waals surface area contributed by atoms with Crippen molar-refractivity contribution in [2.24, 2.45) is 0 Å². The molecule has 2 aromatic rings. The summed E-state index contributed by atoms with van der Waals surface area (Å²) in [6.07, 6.45) is 9.76. The Labute approximate surface area is 119 Å². The van der Waals surface area contributed by atoms with E-state index in [1.54, 1.807) is 6.20 Å². The number of aryl methyl sites for hydroxylation is 1. The summed E-state index contributed by atoms with van der Waals surface area (Å²) in [5, 5.41) is 3.59. The Kier molecular flexibility index (Phi) is 3.90. The fraction of sp³-hybridized carbons (Fsp3) is 0.438. The number of anilines is 1. The molecule has 1 aliphatic carbocycles. The highest BCUT2D eigenvalue weighted by Gasteiger charge is 2.17. The van der Waals surface area contributed by atoms with Crippen molar-refractivity contribution in [3.63, 3.8) is 0 Å². The van der Waals surface area contributed by atoms with E-state index >= 15 is 0 Å². The predicted molar refractivity (Wildman–Crippen MR) is 80.5 cm³/mol. The SMILES string of the molecule is CCc1cnc(-c2ccccn2)nc1NC1CCCC1. The van der Waals surface area contributed by atoms with Gasteiger partial charge >= 0.3 is 0 Å². The zero-order chi connectivity index (χ0) is 13.8. The average molecular weight is 268 g/mol. The number of nitrogens with zero attached hydrogens (tertiary/aromatic N) is 3. The van der Waals surface area contributed by atoms with E-state index in [-0.39, 0.29) is 0 Å². The molecule has 0 bridgehead atoms. The third-order valence-electron chi connectivity index (χ3n) is 3.84. The molecule has 104 valence electrons. The van der Waals surface area contributed by atoms with Crippen molar-refractivity contribution < 1.29 is 0 Å². The molecule has 2 aromatic heterocycles. The van der Waals surface area contributed by atoms with Gasteiger partial charge in [-0.2, -0.15) is 0 Å². The molecule has 1 aliphatic rings. The Morgan fingerprint density at radius 3 is 2.75 bits per heavy atom. The fourth-order valence-corrected chi connectivity index (χ4v) is 2.67. The van der Waals surface area contributed by atoms with Gasteiger partial charge in [-0.25, -0.2) is 9.97 Å².